The monoisotopic (exact) mass is 334 g/mol. The summed E-state index contributed by atoms with van der Waals surface area (Å²) in [7, 11) is 0. The Kier molecular flexibility index (Phi) is 6.27. The first-order valence-corrected chi connectivity index (χ1v) is 7.17. The van der Waals surface area contributed by atoms with Crippen LogP contribution in [0.25, 0.3) is 0 Å². The minimum absolute atomic E-state index is 0.0749. The molecule has 1 aliphatic carbocycles. The van der Waals surface area contributed by atoms with Gasteiger partial charge in [0.1, 0.15) is 10.3 Å². The summed E-state index contributed by atoms with van der Waals surface area (Å²) in [6.07, 6.45) is 6.56. The van der Waals surface area contributed by atoms with Gasteiger partial charge < -0.3 is 9.84 Å². The van der Waals surface area contributed by atoms with Crippen LogP contribution in [-0.2, 0) is 9.53 Å². The van der Waals surface area contributed by atoms with E-state index in [0.717, 1.165) is 6.08 Å². The lowest BCUT2D eigenvalue weighted by Crippen LogP contribution is -2.20. The quantitative estimate of drug-likeness (QED) is 0.598. The third-order valence-electron chi connectivity index (χ3n) is 3.57. The Morgan fingerprint density at radius 1 is 1.57 bits per heavy atom. The molecule has 1 aliphatic rings. The Bertz CT molecular complexity index is 502. The Balaban J connectivity index is 2.73. The van der Waals surface area contributed by atoms with Gasteiger partial charge in [0.15, 0.2) is 0 Å². The van der Waals surface area contributed by atoms with Crippen molar-refractivity contribution in [3.63, 3.8) is 0 Å². The SMILES string of the molecule is C#CC(OC(=O)C1C(C=C(Cl)Cl)C1(C)C)/C(F)=C/CCO. The predicted molar refractivity (Wildman–Crippen MR) is 80.2 cm³/mol. The summed E-state index contributed by atoms with van der Waals surface area (Å²) in [4.78, 5) is 12.1. The molecule has 1 N–H and O–H groups in total. The van der Waals surface area contributed by atoms with Crippen LogP contribution in [0, 0.1) is 29.6 Å². The first kappa shape index (κ1) is 18.0. The molecule has 116 valence electrons. The second-order valence-electron chi connectivity index (χ2n) is 5.37. The fourth-order valence-electron chi connectivity index (χ4n) is 2.24. The van der Waals surface area contributed by atoms with E-state index < -0.39 is 23.8 Å². The maximum atomic E-state index is 13.7. The van der Waals surface area contributed by atoms with E-state index in [-0.39, 0.29) is 28.9 Å². The van der Waals surface area contributed by atoms with Crippen molar-refractivity contribution in [1.82, 2.24) is 0 Å². The van der Waals surface area contributed by atoms with E-state index in [1.165, 1.54) is 0 Å². The van der Waals surface area contributed by atoms with Crippen LogP contribution in [0.15, 0.2) is 22.5 Å². The number of allylic oxidation sites excluding steroid dienone is 1. The number of halogens is 3. The molecular formula is C15H17Cl2FO3. The molecular weight excluding hydrogens is 318 g/mol. The molecule has 0 saturated heterocycles. The number of hydrogen-bond acceptors (Lipinski definition) is 3. The average molecular weight is 335 g/mol. The Morgan fingerprint density at radius 2 is 2.19 bits per heavy atom. The largest absolute Gasteiger partial charge is 0.441 e. The van der Waals surface area contributed by atoms with Crippen molar-refractivity contribution in [2.75, 3.05) is 6.61 Å². The molecule has 1 saturated carbocycles. The second-order valence-corrected chi connectivity index (χ2v) is 6.37. The van der Waals surface area contributed by atoms with Crippen molar-refractivity contribution in [2.45, 2.75) is 26.4 Å². The molecule has 6 heteroatoms. The molecule has 0 aromatic rings. The fourth-order valence-corrected chi connectivity index (χ4v) is 2.51. The third-order valence-corrected chi connectivity index (χ3v) is 3.83. The van der Waals surface area contributed by atoms with Crippen LogP contribution in [0.3, 0.4) is 0 Å². The van der Waals surface area contributed by atoms with Crippen LogP contribution < -0.4 is 0 Å². The van der Waals surface area contributed by atoms with Gasteiger partial charge in [0.2, 0.25) is 6.10 Å². The lowest BCUT2D eigenvalue weighted by molar-refractivity contribution is -0.148. The van der Waals surface area contributed by atoms with Crippen molar-refractivity contribution >= 4 is 29.2 Å². The van der Waals surface area contributed by atoms with Crippen molar-refractivity contribution < 1.29 is 19.0 Å². The zero-order valence-electron chi connectivity index (χ0n) is 11.8. The summed E-state index contributed by atoms with van der Waals surface area (Å²) in [6, 6.07) is 0. The number of terminal acetylenes is 1. The van der Waals surface area contributed by atoms with E-state index in [4.69, 9.17) is 39.5 Å². The second kappa shape index (κ2) is 7.31. The number of esters is 1. The van der Waals surface area contributed by atoms with E-state index in [1.54, 1.807) is 6.08 Å². The molecule has 0 aliphatic heterocycles. The molecule has 3 atom stereocenters. The molecule has 0 bridgehead atoms. The van der Waals surface area contributed by atoms with Crippen molar-refractivity contribution in [2.24, 2.45) is 17.3 Å². The van der Waals surface area contributed by atoms with E-state index >= 15 is 0 Å². The molecule has 0 amide bonds. The minimum Gasteiger partial charge on any atom is -0.441 e. The molecule has 1 fully saturated rings. The highest BCUT2D eigenvalue weighted by molar-refractivity contribution is 6.55. The maximum absolute atomic E-state index is 13.7. The number of ether oxygens (including phenoxy) is 1. The van der Waals surface area contributed by atoms with Gasteiger partial charge in [-0.1, -0.05) is 43.0 Å². The molecule has 3 nitrogen and oxygen atoms in total. The van der Waals surface area contributed by atoms with Gasteiger partial charge in [-0.2, -0.15) is 0 Å². The molecule has 0 aromatic heterocycles. The summed E-state index contributed by atoms with van der Waals surface area (Å²) in [5, 5.41) is 8.63. The molecule has 3 unspecified atom stereocenters. The van der Waals surface area contributed by atoms with Gasteiger partial charge in [0.05, 0.1) is 5.92 Å². The number of carbonyl (C=O) groups is 1. The normalized spacial score (nSPS) is 24.7. The van der Waals surface area contributed by atoms with Crippen LogP contribution in [0.5, 0.6) is 0 Å². The first-order chi connectivity index (χ1) is 9.75. The summed E-state index contributed by atoms with van der Waals surface area (Å²) in [5.41, 5.74) is -0.365. The van der Waals surface area contributed by atoms with Crippen molar-refractivity contribution in [1.29, 1.82) is 0 Å². The molecule has 0 aromatic carbocycles. The van der Waals surface area contributed by atoms with Gasteiger partial charge in [-0.3, -0.25) is 4.79 Å². The molecule has 0 heterocycles. The van der Waals surface area contributed by atoms with Gasteiger partial charge in [0, 0.05) is 6.61 Å². The first-order valence-electron chi connectivity index (χ1n) is 6.41. The van der Waals surface area contributed by atoms with Gasteiger partial charge >= 0.3 is 5.97 Å². The van der Waals surface area contributed by atoms with Gasteiger partial charge in [-0.25, -0.2) is 4.39 Å². The van der Waals surface area contributed by atoms with Crippen LogP contribution in [0.4, 0.5) is 4.39 Å². The fraction of sp³-hybridized carbons (Fsp3) is 0.533. The number of hydrogen-bond donors (Lipinski definition) is 1. The number of aliphatic hydroxyl groups excluding tert-OH is 1. The van der Waals surface area contributed by atoms with E-state index in [1.807, 2.05) is 13.8 Å². The standard InChI is InChI=1S/C15H17Cl2FO3/c1-4-11(10(18)6-5-7-19)21-14(20)13-9(8-12(16)17)15(13,2)3/h1,6,8-9,11,13,19H,5,7H2,2-3H3/b10-6-. The number of aliphatic hydroxyl groups is 1. The maximum Gasteiger partial charge on any atom is 0.311 e. The third kappa shape index (κ3) is 4.47. The summed E-state index contributed by atoms with van der Waals surface area (Å²) < 4.78 is 18.8. The van der Waals surface area contributed by atoms with Gasteiger partial charge in [-0.05, 0) is 29.9 Å². The van der Waals surface area contributed by atoms with Crippen molar-refractivity contribution in [3.8, 4) is 12.3 Å². The van der Waals surface area contributed by atoms with E-state index in [2.05, 4.69) is 5.92 Å². The van der Waals surface area contributed by atoms with E-state index in [0.29, 0.717) is 0 Å². The van der Waals surface area contributed by atoms with Gasteiger partial charge in [0.25, 0.3) is 0 Å². The highest BCUT2D eigenvalue weighted by Gasteiger charge is 2.62. The Labute approximate surface area is 133 Å². The van der Waals surface area contributed by atoms with Crippen LogP contribution in [0.2, 0.25) is 0 Å². The summed E-state index contributed by atoms with van der Waals surface area (Å²) in [5.74, 6) is 0.0824. The molecule has 1 rings (SSSR count). The minimum atomic E-state index is -1.38. The summed E-state index contributed by atoms with van der Waals surface area (Å²) in [6.45, 7) is 3.51. The smallest absolute Gasteiger partial charge is 0.311 e. The number of carbonyl (C=O) groups excluding carboxylic acids is 1. The molecule has 0 spiro atoms. The zero-order chi connectivity index (χ0) is 16.2. The van der Waals surface area contributed by atoms with E-state index in [9.17, 15) is 9.18 Å². The Morgan fingerprint density at radius 3 is 2.67 bits per heavy atom. The zero-order valence-corrected chi connectivity index (χ0v) is 13.3. The highest BCUT2D eigenvalue weighted by atomic mass is 35.5. The average Bonchev–Trinajstić information content (AvgIpc) is 2.93. The predicted octanol–water partition coefficient (Wildman–Crippen LogP) is 3.36. The molecule has 0 radical (unpaired) electrons. The number of rotatable bonds is 6. The Hall–Kier alpha value is -1.02. The van der Waals surface area contributed by atoms with Crippen LogP contribution in [-0.4, -0.2) is 23.8 Å². The lowest BCUT2D eigenvalue weighted by atomic mass is 10.1. The van der Waals surface area contributed by atoms with Crippen LogP contribution >= 0.6 is 23.2 Å². The summed E-state index contributed by atoms with van der Waals surface area (Å²) >= 11 is 11.2. The van der Waals surface area contributed by atoms with Crippen molar-refractivity contribution in [3.05, 3.63) is 22.5 Å². The molecule has 21 heavy (non-hydrogen) atoms. The van der Waals surface area contributed by atoms with Gasteiger partial charge in [-0.15, -0.1) is 6.42 Å². The highest BCUT2D eigenvalue weighted by Crippen LogP contribution is 2.60. The van der Waals surface area contributed by atoms with Crippen LogP contribution in [0.1, 0.15) is 20.3 Å². The lowest BCUT2D eigenvalue weighted by Gasteiger charge is -2.11. The topological polar surface area (TPSA) is 46.5 Å².